The van der Waals surface area contributed by atoms with Gasteiger partial charge in [-0.1, -0.05) is 51.7 Å². The number of imidazole rings is 5. The molecule has 48 heteroatoms. The Balaban J connectivity index is 0.000000109. The zero-order chi connectivity index (χ0) is 85.5. The molecule has 0 spiro atoms. The van der Waals surface area contributed by atoms with E-state index in [-0.39, 0.29) is 96.9 Å². The monoisotopic (exact) mass is 1690 g/mol. The maximum atomic E-state index is 12.5. The van der Waals surface area contributed by atoms with Crippen LogP contribution in [0.4, 0.5) is 74.8 Å². The number of fused-ring (bicyclic) bond motifs is 9. The predicted octanol–water partition coefficient (Wildman–Crippen LogP) is 7.59. The van der Waals surface area contributed by atoms with Crippen LogP contribution in [0.3, 0.4) is 0 Å². The van der Waals surface area contributed by atoms with Crippen molar-refractivity contribution >= 4 is 119 Å². The number of hydrogen-bond acceptors (Lipinski definition) is 27. The number of aromatic amines is 2. The minimum Gasteiger partial charge on any atom is -0.492 e. The summed E-state index contributed by atoms with van der Waals surface area (Å²) < 4.78 is 31.6. The van der Waals surface area contributed by atoms with Crippen molar-refractivity contribution in [2.45, 2.75) is 123 Å². The largest absolute Gasteiger partial charge is 0.492 e. The topological polar surface area (TPSA) is 525 Å². The summed E-state index contributed by atoms with van der Waals surface area (Å²) in [5, 5.41) is 100. The molecule has 6 aliphatic heterocycles. The molecule has 15 aromatic rings. The van der Waals surface area contributed by atoms with Gasteiger partial charge >= 0.3 is 28.5 Å². The molecule has 0 unspecified atom stereocenters. The fraction of sp³-hybridized carbons (Fsp3) is 0.351. The smallest absolute Gasteiger partial charge is 0.422 e. The highest BCUT2D eigenvalue weighted by atomic mass is 32.1. The van der Waals surface area contributed by atoms with Crippen LogP contribution in [0, 0.1) is 0 Å². The Kier molecular flexibility index (Phi) is 22.1. The average Bonchev–Trinajstić information content (AvgIpc) is 1.63. The number of aromatic hydroxyl groups is 5. The Bertz CT molecular complexity index is 6990. The quantitative estimate of drug-likeness (QED) is 0.0431. The Hall–Kier alpha value is -15.4. The summed E-state index contributed by atoms with van der Waals surface area (Å²) in [5.74, 6) is 2.23. The van der Waals surface area contributed by atoms with Gasteiger partial charge in [-0.05, 0) is 97.8 Å². The summed E-state index contributed by atoms with van der Waals surface area (Å²) in [7, 11) is 13.2. The first kappa shape index (κ1) is 80.4. The van der Waals surface area contributed by atoms with Crippen LogP contribution in [0.5, 0.6) is 29.4 Å². The number of nitrogens with two attached hydrogens (primary N) is 1. The minimum atomic E-state index is -0.329. The van der Waals surface area contributed by atoms with Gasteiger partial charge in [-0.3, -0.25) is 33.4 Å². The van der Waals surface area contributed by atoms with E-state index in [9.17, 15) is 54.3 Å². The molecule has 9 N–H and O–H groups in total. The molecule has 0 radical (unpaired) electrons. The third-order valence-electron chi connectivity index (χ3n) is 21.5. The summed E-state index contributed by atoms with van der Waals surface area (Å²) in [6.07, 6.45) is 14.9. The molecule has 0 atom stereocenters. The lowest BCUT2D eigenvalue weighted by Crippen LogP contribution is -2.27. The van der Waals surface area contributed by atoms with E-state index < -0.39 is 0 Å². The summed E-state index contributed by atoms with van der Waals surface area (Å²) in [6.45, 7) is 7.58. The molecule has 21 rings (SSSR count). The Morgan fingerprint density at radius 3 is 1.16 bits per heavy atom. The first-order valence-electron chi connectivity index (χ1n) is 38.9. The number of nitrogens with one attached hydrogen (secondary N) is 2. The van der Waals surface area contributed by atoms with Crippen LogP contribution in [-0.2, 0) is 128 Å². The van der Waals surface area contributed by atoms with Gasteiger partial charge in [0.15, 0.2) is 5.82 Å². The molecule has 630 valence electrons. The Morgan fingerprint density at radius 1 is 0.402 bits per heavy atom. The van der Waals surface area contributed by atoms with Crippen LogP contribution >= 0.6 is 11.3 Å². The van der Waals surface area contributed by atoms with E-state index in [1.165, 1.54) is 50.3 Å². The van der Waals surface area contributed by atoms with E-state index in [0.717, 1.165) is 84.6 Å². The van der Waals surface area contributed by atoms with Crippen molar-refractivity contribution in [3.8, 4) is 29.4 Å². The predicted molar refractivity (Wildman–Crippen MR) is 437 cm³/mol. The lowest BCUT2D eigenvalue weighted by Gasteiger charge is -2.17. The van der Waals surface area contributed by atoms with Crippen LogP contribution in [0.2, 0.25) is 0 Å². The van der Waals surface area contributed by atoms with Crippen LogP contribution in [0.15, 0.2) is 199 Å². The Morgan fingerprint density at radius 2 is 0.770 bits per heavy atom. The SMILES string of the molecule is C[n+]1ccsc1N=Nc1c(O)n2n(c1=O)CCC2.Cn1c(N=Nc2c(N)n3n(c2=O)CCCC3)[n+](C)c2ccccc21.Cn1c(N=Nc2c(O)n3n(c2=O)CCC3)[n+](C)c2ccccc21.Cn1cc[n+](C)c1N=Nc1c(O)n2n(c1=O)CCC2.O=c1c(N=Nc2nc3ccccc3[nH]2)c(O)n2n1CCC2.O=c1c(N=Nc2ncc[nH]2)c(O)n2n1CCC2. The number of para-hydroxylation sites is 6. The van der Waals surface area contributed by atoms with Crippen molar-refractivity contribution in [1.29, 1.82) is 0 Å². The average molecular weight is 1690 g/mol. The van der Waals surface area contributed by atoms with Crippen molar-refractivity contribution in [2.24, 2.45) is 111 Å². The highest BCUT2D eigenvalue weighted by molar-refractivity contribution is 7.12. The lowest BCUT2D eigenvalue weighted by molar-refractivity contribution is -0.657. The number of aryl methyl sites for hydroxylation is 7. The molecular formula is C74H86N36O11S+4. The molecule has 122 heavy (non-hydrogen) atoms. The molecule has 6 aliphatic rings. The number of nitrogens with zero attached hydrogens (tertiary/aromatic N) is 33. The van der Waals surface area contributed by atoms with Crippen LogP contribution in [-0.4, -0.2) is 115 Å². The molecule has 0 amide bonds. The molecule has 0 aliphatic carbocycles. The number of benzene rings is 3. The molecule has 0 saturated carbocycles. The molecule has 3 aromatic carbocycles. The molecular weight excluding hydrogens is 1600 g/mol. The van der Waals surface area contributed by atoms with E-state index in [4.69, 9.17) is 5.73 Å². The number of hydrogen-bond donors (Lipinski definition) is 8. The third kappa shape index (κ3) is 14.9. The minimum absolute atomic E-state index is 0.000833. The van der Waals surface area contributed by atoms with Crippen LogP contribution in [0.1, 0.15) is 44.9 Å². The molecule has 0 fully saturated rings. The van der Waals surface area contributed by atoms with Gasteiger partial charge in [0.2, 0.25) is 75.4 Å². The second kappa shape index (κ2) is 33.5. The van der Waals surface area contributed by atoms with Gasteiger partial charge in [0, 0.05) is 112 Å². The lowest BCUT2D eigenvalue weighted by atomic mass is 10.3. The van der Waals surface area contributed by atoms with E-state index in [1.54, 1.807) is 38.6 Å². The first-order chi connectivity index (χ1) is 59.0. The van der Waals surface area contributed by atoms with Crippen molar-refractivity contribution < 1.29 is 43.8 Å². The number of aromatic nitrogens is 23. The van der Waals surface area contributed by atoms with Crippen molar-refractivity contribution in [3.63, 3.8) is 0 Å². The number of azo groups is 6. The number of rotatable bonds is 12. The first-order valence-corrected chi connectivity index (χ1v) is 39.8. The second-order valence-corrected chi connectivity index (χ2v) is 29.9. The molecule has 18 heterocycles. The fourth-order valence-corrected chi connectivity index (χ4v) is 15.9. The fourth-order valence-electron chi connectivity index (χ4n) is 15.3. The maximum Gasteiger partial charge on any atom is 0.422 e. The molecule has 0 bridgehead atoms. The zero-order valence-corrected chi connectivity index (χ0v) is 68.1. The normalized spacial score (nSPS) is 14.4. The van der Waals surface area contributed by atoms with Gasteiger partial charge in [-0.25, -0.2) is 93.4 Å². The van der Waals surface area contributed by atoms with Crippen molar-refractivity contribution in [3.05, 3.63) is 171 Å². The molecule has 12 aromatic heterocycles. The van der Waals surface area contributed by atoms with Gasteiger partial charge in [0.1, 0.15) is 28.3 Å². The van der Waals surface area contributed by atoms with E-state index in [1.807, 2.05) is 169 Å². The van der Waals surface area contributed by atoms with Gasteiger partial charge in [0.25, 0.3) is 27.8 Å². The van der Waals surface area contributed by atoms with Gasteiger partial charge < -0.3 is 41.2 Å². The number of H-pyrrole nitrogens is 2. The number of nitrogen functional groups attached to an aromatic ring is 1. The van der Waals surface area contributed by atoms with Gasteiger partial charge in [0.05, 0.1) is 77.9 Å². The Labute approximate surface area is 690 Å². The third-order valence-corrected chi connectivity index (χ3v) is 22.3. The number of thiazole rings is 1. The summed E-state index contributed by atoms with van der Waals surface area (Å²) in [4.78, 5) is 86.4. The van der Waals surface area contributed by atoms with Crippen molar-refractivity contribution in [2.75, 3.05) is 5.73 Å². The highest BCUT2D eigenvalue weighted by Gasteiger charge is 2.31. The van der Waals surface area contributed by atoms with E-state index in [2.05, 4.69) is 81.3 Å². The maximum absolute atomic E-state index is 12.5. The van der Waals surface area contributed by atoms with Crippen LogP contribution < -0.4 is 57.4 Å². The highest BCUT2D eigenvalue weighted by Crippen LogP contribution is 2.34. The van der Waals surface area contributed by atoms with Gasteiger partial charge in [-0.2, -0.15) is 0 Å². The van der Waals surface area contributed by atoms with Crippen LogP contribution in [0.25, 0.3) is 33.1 Å². The van der Waals surface area contributed by atoms with E-state index in [0.29, 0.717) is 113 Å². The van der Waals surface area contributed by atoms with Crippen molar-refractivity contribution in [1.82, 2.24) is 89.8 Å². The zero-order valence-electron chi connectivity index (χ0n) is 67.3. The summed E-state index contributed by atoms with van der Waals surface area (Å²) in [5.41, 5.74) is 10.3. The molecule has 0 saturated heterocycles. The second-order valence-electron chi connectivity index (χ2n) is 29.0. The molecule has 47 nitrogen and oxygen atoms in total. The standard InChI is InChI=1S/C16H19N7O.C15H16N6O2.C13H12N6O2.C11H14N6O2.C10H11N5O2S.C9H10N6O2/c1-20-11-7-3-4-8-12(11)21(2)16(20)19-18-13-14(17)22-9-5-6-10-23(22)15(13)24;1-18-10-6-3-4-7-11(10)19(2)15(18)17-16-12-13(22)20-8-5-9-21(20)14(12)23;20-11-10(12(21)19-7-3-6-18(11)19)16-17-13-14-8-4-1-2-5-9(8)15-13;1-14-6-7-15(2)11(14)13-12-8-9(18)16-4-3-5-17(16)10(8)19;1-13-5-6-18-10(13)12-11-7-8(16)14-3-2-4-15(14)9(7)17;16-7-6(12-13-9-10-2-3-11-9)8(17)15-5-1-4-14(7)15/h3-4,7-8,17H,5-6,9-10H2,1-2H3;3-4,6-7H,5,8-9H2,1-2H3;1-2,4-5,20H,3,6-7H2,(H,14,15);6-7H,3-5H2,1-2H3;5-6H,2-4H2,1H3;2-3,16H,1,4-5H2,(H,10,11)/p+4. The van der Waals surface area contributed by atoms with Gasteiger partial charge in [-0.15, -0.1) is 20.5 Å². The summed E-state index contributed by atoms with van der Waals surface area (Å²) in [6, 6.07) is 23.4. The number of anilines is 1. The summed E-state index contributed by atoms with van der Waals surface area (Å²) >= 11 is 1.42. The van der Waals surface area contributed by atoms with E-state index >= 15 is 0 Å².